The summed E-state index contributed by atoms with van der Waals surface area (Å²) < 4.78 is 4.56. The van der Waals surface area contributed by atoms with E-state index in [1.54, 1.807) is 6.08 Å². The van der Waals surface area contributed by atoms with Gasteiger partial charge in [-0.25, -0.2) is 4.79 Å². The molecule has 100 valence electrons. The average Bonchev–Trinajstić information content (AvgIpc) is 2.45. The molecule has 0 saturated carbocycles. The summed E-state index contributed by atoms with van der Waals surface area (Å²) in [5.41, 5.74) is 1.88. The monoisotopic (exact) mass is 258 g/mol. The number of anilines is 1. The van der Waals surface area contributed by atoms with Crippen molar-refractivity contribution >= 4 is 17.7 Å². The molecule has 0 N–H and O–H groups in total. The van der Waals surface area contributed by atoms with Gasteiger partial charge >= 0.3 is 5.97 Å². The largest absolute Gasteiger partial charge is 0.465 e. The third kappa shape index (κ3) is 3.85. The van der Waals surface area contributed by atoms with Crippen LogP contribution in [-0.2, 0) is 9.53 Å². The summed E-state index contributed by atoms with van der Waals surface area (Å²) in [5.74, 6) is -0.615. The van der Waals surface area contributed by atoms with Crippen molar-refractivity contribution in [3.8, 4) is 6.07 Å². The van der Waals surface area contributed by atoms with Gasteiger partial charge in [0, 0.05) is 18.8 Å². The van der Waals surface area contributed by atoms with Gasteiger partial charge in [0.2, 0.25) is 0 Å². The van der Waals surface area contributed by atoms with E-state index in [4.69, 9.17) is 5.26 Å². The summed E-state index contributed by atoms with van der Waals surface area (Å²) in [7, 11) is 1.26. The lowest BCUT2D eigenvalue weighted by molar-refractivity contribution is -0.135. The second-order valence-electron chi connectivity index (χ2n) is 3.93. The molecule has 0 atom stereocenters. The lowest BCUT2D eigenvalue weighted by Crippen LogP contribution is -2.21. The molecule has 0 spiro atoms. The van der Waals surface area contributed by atoms with Gasteiger partial charge in [-0.05, 0) is 37.6 Å². The van der Waals surface area contributed by atoms with Gasteiger partial charge in [0.1, 0.15) is 11.6 Å². The van der Waals surface area contributed by atoms with Crippen molar-refractivity contribution in [1.82, 2.24) is 0 Å². The van der Waals surface area contributed by atoms with Gasteiger partial charge in [-0.2, -0.15) is 5.26 Å². The molecule has 4 heteroatoms. The van der Waals surface area contributed by atoms with Crippen LogP contribution in [0.2, 0.25) is 0 Å². The molecular formula is C15H18N2O2. The highest BCUT2D eigenvalue weighted by atomic mass is 16.5. The van der Waals surface area contributed by atoms with Crippen LogP contribution >= 0.6 is 0 Å². The summed E-state index contributed by atoms with van der Waals surface area (Å²) >= 11 is 0. The second-order valence-corrected chi connectivity index (χ2v) is 3.93. The van der Waals surface area contributed by atoms with Crippen LogP contribution in [0.5, 0.6) is 0 Å². The first-order valence-corrected chi connectivity index (χ1v) is 6.21. The molecule has 0 aliphatic rings. The fourth-order valence-electron chi connectivity index (χ4n) is 1.81. The summed E-state index contributed by atoms with van der Waals surface area (Å²) in [6.45, 7) is 5.99. The van der Waals surface area contributed by atoms with Crippen LogP contribution in [-0.4, -0.2) is 26.2 Å². The minimum absolute atomic E-state index is 0.000744. The maximum absolute atomic E-state index is 11.4. The van der Waals surface area contributed by atoms with Gasteiger partial charge in [0.25, 0.3) is 0 Å². The topological polar surface area (TPSA) is 53.3 Å². The molecule has 1 aromatic rings. The van der Waals surface area contributed by atoms with Gasteiger partial charge < -0.3 is 9.64 Å². The van der Waals surface area contributed by atoms with Crippen molar-refractivity contribution in [3.05, 3.63) is 35.4 Å². The van der Waals surface area contributed by atoms with Gasteiger partial charge in [-0.3, -0.25) is 0 Å². The Kier molecular flexibility index (Phi) is 5.62. The first kappa shape index (κ1) is 14.8. The number of benzene rings is 1. The van der Waals surface area contributed by atoms with E-state index in [1.165, 1.54) is 7.11 Å². The fourth-order valence-corrected chi connectivity index (χ4v) is 1.81. The molecule has 1 rings (SSSR count). The maximum Gasteiger partial charge on any atom is 0.348 e. The highest BCUT2D eigenvalue weighted by molar-refractivity contribution is 5.97. The number of nitriles is 1. The van der Waals surface area contributed by atoms with E-state index in [2.05, 4.69) is 23.5 Å². The van der Waals surface area contributed by atoms with Crippen molar-refractivity contribution in [1.29, 1.82) is 5.26 Å². The highest BCUT2D eigenvalue weighted by Gasteiger charge is 2.09. The standard InChI is InChI=1S/C15H18N2O2/c1-4-17(5-2)14-8-6-7-12(10-14)9-13(11-16)15(18)19-3/h6-10H,4-5H2,1-3H3. The lowest BCUT2D eigenvalue weighted by atomic mass is 10.1. The Morgan fingerprint density at radius 2 is 2.11 bits per heavy atom. The van der Waals surface area contributed by atoms with E-state index in [9.17, 15) is 4.79 Å². The summed E-state index contributed by atoms with van der Waals surface area (Å²) in [4.78, 5) is 13.6. The van der Waals surface area contributed by atoms with E-state index >= 15 is 0 Å². The van der Waals surface area contributed by atoms with Crippen LogP contribution in [0.4, 0.5) is 5.69 Å². The first-order valence-electron chi connectivity index (χ1n) is 6.21. The Labute approximate surface area is 113 Å². The van der Waals surface area contributed by atoms with Gasteiger partial charge in [-0.15, -0.1) is 0 Å². The fraction of sp³-hybridized carbons (Fsp3) is 0.333. The molecule has 0 aliphatic carbocycles. The quantitative estimate of drug-likeness (QED) is 0.463. The second kappa shape index (κ2) is 7.22. The van der Waals surface area contributed by atoms with E-state index < -0.39 is 5.97 Å². The van der Waals surface area contributed by atoms with Crippen LogP contribution in [0.1, 0.15) is 19.4 Å². The molecule has 0 fully saturated rings. The maximum atomic E-state index is 11.4. The zero-order valence-corrected chi connectivity index (χ0v) is 11.5. The van der Waals surface area contributed by atoms with Crippen LogP contribution in [0, 0.1) is 11.3 Å². The zero-order chi connectivity index (χ0) is 14.3. The van der Waals surface area contributed by atoms with Crippen molar-refractivity contribution in [3.63, 3.8) is 0 Å². The van der Waals surface area contributed by atoms with Crippen LogP contribution in [0.15, 0.2) is 29.8 Å². The molecule has 0 unspecified atom stereocenters. The number of methoxy groups -OCH3 is 1. The number of hydrogen-bond donors (Lipinski definition) is 0. The SMILES string of the molecule is CCN(CC)c1cccc(C=C(C#N)C(=O)OC)c1. The number of esters is 1. The third-order valence-electron chi connectivity index (χ3n) is 2.84. The Morgan fingerprint density at radius 1 is 1.42 bits per heavy atom. The zero-order valence-electron chi connectivity index (χ0n) is 11.5. The highest BCUT2D eigenvalue weighted by Crippen LogP contribution is 2.18. The smallest absolute Gasteiger partial charge is 0.348 e. The molecule has 0 aliphatic heterocycles. The molecule has 0 bridgehead atoms. The van der Waals surface area contributed by atoms with Gasteiger partial charge in [0.05, 0.1) is 7.11 Å². The molecule has 0 amide bonds. The van der Waals surface area contributed by atoms with Crippen LogP contribution in [0.25, 0.3) is 6.08 Å². The van der Waals surface area contributed by atoms with Crippen molar-refractivity contribution in [2.45, 2.75) is 13.8 Å². The third-order valence-corrected chi connectivity index (χ3v) is 2.84. The number of carbonyl (C=O) groups is 1. The van der Waals surface area contributed by atoms with E-state index in [-0.39, 0.29) is 5.57 Å². The lowest BCUT2D eigenvalue weighted by Gasteiger charge is -2.21. The Balaban J connectivity index is 3.09. The molecule has 19 heavy (non-hydrogen) atoms. The molecule has 0 radical (unpaired) electrons. The molecule has 4 nitrogen and oxygen atoms in total. The molecule has 0 saturated heterocycles. The Hall–Kier alpha value is -2.28. The average molecular weight is 258 g/mol. The predicted molar refractivity (Wildman–Crippen MR) is 75.6 cm³/mol. The summed E-state index contributed by atoms with van der Waals surface area (Å²) in [6, 6.07) is 9.57. The Bertz CT molecular complexity index is 511. The van der Waals surface area contributed by atoms with E-state index in [0.717, 1.165) is 24.3 Å². The number of carbonyl (C=O) groups excluding carboxylic acids is 1. The van der Waals surface area contributed by atoms with Crippen molar-refractivity contribution in [2.24, 2.45) is 0 Å². The molecular weight excluding hydrogens is 240 g/mol. The molecule has 1 aromatic carbocycles. The van der Waals surface area contributed by atoms with Gasteiger partial charge in [0.15, 0.2) is 0 Å². The van der Waals surface area contributed by atoms with Crippen molar-refractivity contribution in [2.75, 3.05) is 25.1 Å². The first-order chi connectivity index (χ1) is 9.15. The molecule has 0 aromatic heterocycles. The van der Waals surface area contributed by atoms with Gasteiger partial charge in [-0.1, -0.05) is 12.1 Å². The minimum atomic E-state index is -0.615. The number of nitrogens with zero attached hydrogens (tertiary/aromatic N) is 2. The van der Waals surface area contributed by atoms with E-state index in [1.807, 2.05) is 30.3 Å². The number of ether oxygens (including phenoxy) is 1. The number of rotatable bonds is 5. The summed E-state index contributed by atoms with van der Waals surface area (Å²) in [5, 5.41) is 8.93. The normalized spacial score (nSPS) is 10.7. The minimum Gasteiger partial charge on any atom is -0.465 e. The number of hydrogen-bond acceptors (Lipinski definition) is 4. The van der Waals surface area contributed by atoms with E-state index in [0.29, 0.717) is 0 Å². The Morgan fingerprint density at radius 3 is 2.63 bits per heavy atom. The van der Waals surface area contributed by atoms with Crippen LogP contribution in [0.3, 0.4) is 0 Å². The van der Waals surface area contributed by atoms with Crippen LogP contribution < -0.4 is 4.90 Å². The van der Waals surface area contributed by atoms with Crippen molar-refractivity contribution < 1.29 is 9.53 Å². The predicted octanol–water partition coefficient (Wildman–Crippen LogP) is 2.61. The summed E-state index contributed by atoms with van der Waals surface area (Å²) in [6.07, 6.45) is 1.54. The molecule has 0 heterocycles.